The maximum absolute atomic E-state index is 12.7. The average molecular weight is 375 g/mol. The highest BCUT2D eigenvalue weighted by molar-refractivity contribution is 7.89. The van der Waals surface area contributed by atoms with Crippen LogP contribution >= 0.6 is 0 Å². The minimum Gasteiger partial charge on any atom is -0.328 e. The van der Waals surface area contributed by atoms with Crippen LogP contribution < -0.4 is 10.9 Å². The van der Waals surface area contributed by atoms with Crippen molar-refractivity contribution in [2.75, 3.05) is 18.4 Å². The van der Waals surface area contributed by atoms with E-state index in [1.807, 2.05) is 0 Å². The van der Waals surface area contributed by atoms with Crippen molar-refractivity contribution in [2.24, 2.45) is 5.92 Å². The topological polar surface area (TPSA) is 99.3 Å². The summed E-state index contributed by atoms with van der Waals surface area (Å²) in [6.07, 6.45) is 3.24. The maximum Gasteiger partial charge on any atom is 0.257 e. The summed E-state index contributed by atoms with van der Waals surface area (Å²) in [7, 11) is -3.52. The minimum atomic E-state index is -3.52. The van der Waals surface area contributed by atoms with Crippen LogP contribution in [0.3, 0.4) is 0 Å². The molecule has 2 aromatic rings. The number of hydrogen-bond donors (Lipinski definition) is 2. The Kier molecular flexibility index (Phi) is 5.24. The van der Waals surface area contributed by atoms with Crippen molar-refractivity contribution in [2.45, 2.75) is 24.7 Å². The molecular weight excluding hydrogens is 354 g/mol. The molecule has 1 aliphatic rings. The number of carbonyl (C=O) groups excluding carboxylic acids is 1. The highest BCUT2D eigenvalue weighted by Crippen LogP contribution is 2.24. The molecule has 1 amide bonds. The lowest BCUT2D eigenvalue weighted by Crippen LogP contribution is -2.39. The predicted molar refractivity (Wildman–Crippen MR) is 98.6 cm³/mol. The zero-order valence-corrected chi connectivity index (χ0v) is 15.3. The summed E-state index contributed by atoms with van der Waals surface area (Å²) in [4.78, 5) is 25.8. The van der Waals surface area contributed by atoms with Gasteiger partial charge in [-0.15, -0.1) is 0 Å². The van der Waals surface area contributed by atoms with Gasteiger partial charge in [-0.1, -0.05) is 6.92 Å². The molecule has 8 heteroatoms. The molecule has 1 aromatic heterocycles. The number of H-pyrrole nitrogens is 1. The molecular formula is C18H21N3O4S. The van der Waals surface area contributed by atoms with E-state index in [1.54, 1.807) is 12.1 Å². The molecule has 2 heterocycles. The van der Waals surface area contributed by atoms with Crippen LogP contribution in [0, 0.1) is 5.92 Å². The molecule has 26 heavy (non-hydrogen) atoms. The van der Waals surface area contributed by atoms with Crippen LogP contribution in [0.5, 0.6) is 0 Å². The van der Waals surface area contributed by atoms with Crippen molar-refractivity contribution in [1.82, 2.24) is 9.29 Å². The summed E-state index contributed by atoms with van der Waals surface area (Å²) >= 11 is 0. The number of benzene rings is 1. The number of sulfonamides is 1. The van der Waals surface area contributed by atoms with E-state index in [2.05, 4.69) is 17.2 Å². The van der Waals surface area contributed by atoms with Gasteiger partial charge in [0.1, 0.15) is 0 Å². The number of rotatable bonds is 4. The number of pyridine rings is 1. The monoisotopic (exact) mass is 375 g/mol. The summed E-state index contributed by atoms with van der Waals surface area (Å²) in [5.41, 5.74) is 0.499. The molecule has 1 atom stereocenters. The second-order valence-electron chi connectivity index (χ2n) is 6.53. The zero-order valence-electron chi connectivity index (χ0n) is 14.4. The third-order valence-corrected chi connectivity index (χ3v) is 6.30. The third kappa shape index (κ3) is 4.03. The van der Waals surface area contributed by atoms with Crippen LogP contribution in [-0.2, 0) is 10.0 Å². The van der Waals surface area contributed by atoms with E-state index >= 15 is 0 Å². The van der Waals surface area contributed by atoms with Gasteiger partial charge in [-0.25, -0.2) is 8.42 Å². The predicted octanol–water partition coefficient (Wildman–Crippen LogP) is 2.05. The van der Waals surface area contributed by atoms with Crippen molar-refractivity contribution in [3.63, 3.8) is 0 Å². The number of aromatic nitrogens is 1. The molecule has 1 unspecified atom stereocenters. The van der Waals surface area contributed by atoms with Crippen molar-refractivity contribution >= 4 is 21.6 Å². The SMILES string of the molecule is CC1CCCN(S(=O)(=O)c2ccc(NC(=O)c3ccc(=O)[nH]c3)cc2)C1. The van der Waals surface area contributed by atoms with E-state index in [0.717, 1.165) is 12.8 Å². The number of anilines is 1. The van der Waals surface area contributed by atoms with E-state index in [0.29, 0.717) is 30.3 Å². The first-order chi connectivity index (χ1) is 12.4. The molecule has 138 valence electrons. The number of amides is 1. The van der Waals surface area contributed by atoms with Gasteiger partial charge in [-0.2, -0.15) is 4.31 Å². The Bertz CT molecular complexity index is 931. The second kappa shape index (κ2) is 7.43. The van der Waals surface area contributed by atoms with Crippen molar-refractivity contribution in [3.8, 4) is 0 Å². The first kappa shape index (κ1) is 18.3. The van der Waals surface area contributed by atoms with E-state index in [1.165, 1.54) is 34.8 Å². The van der Waals surface area contributed by atoms with Gasteiger partial charge in [-0.05, 0) is 49.1 Å². The lowest BCUT2D eigenvalue weighted by Gasteiger charge is -2.30. The lowest BCUT2D eigenvalue weighted by atomic mass is 10.0. The largest absolute Gasteiger partial charge is 0.328 e. The number of aromatic amines is 1. The highest BCUT2D eigenvalue weighted by atomic mass is 32.2. The molecule has 0 radical (unpaired) electrons. The van der Waals surface area contributed by atoms with Crippen LogP contribution in [0.2, 0.25) is 0 Å². The summed E-state index contributed by atoms with van der Waals surface area (Å²) < 4.78 is 27.0. The second-order valence-corrected chi connectivity index (χ2v) is 8.47. The number of hydrogen-bond acceptors (Lipinski definition) is 4. The standard InChI is InChI=1S/C18H21N3O4S/c1-13-3-2-10-21(12-13)26(24,25)16-7-5-15(6-8-16)20-18(23)14-4-9-17(22)19-11-14/h4-9,11,13H,2-3,10,12H2,1H3,(H,19,22)(H,20,23). The summed E-state index contributed by atoms with van der Waals surface area (Å²) in [6, 6.07) is 8.80. The van der Waals surface area contributed by atoms with Crippen molar-refractivity contribution in [3.05, 3.63) is 58.5 Å². The van der Waals surface area contributed by atoms with Gasteiger partial charge in [0, 0.05) is 31.0 Å². The molecule has 1 fully saturated rings. The van der Waals surface area contributed by atoms with Gasteiger partial charge in [-0.3, -0.25) is 9.59 Å². The van der Waals surface area contributed by atoms with E-state index in [9.17, 15) is 18.0 Å². The Balaban J connectivity index is 1.72. The minimum absolute atomic E-state index is 0.216. The third-order valence-electron chi connectivity index (χ3n) is 4.42. The van der Waals surface area contributed by atoms with E-state index < -0.39 is 10.0 Å². The van der Waals surface area contributed by atoms with Gasteiger partial charge in [0.25, 0.3) is 5.91 Å². The highest BCUT2D eigenvalue weighted by Gasteiger charge is 2.28. The van der Waals surface area contributed by atoms with Gasteiger partial charge in [0.2, 0.25) is 15.6 Å². The van der Waals surface area contributed by atoms with Gasteiger partial charge >= 0.3 is 0 Å². The average Bonchev–Trinajstić information content (AvgIpc) is 2.62. The molecule has 0 bridgehead atoms. The van der Waals surface area contributed by atoms with Crippen LogP contribution in [-0.4, -0.2) is 36.7 Å². The Morgan fingerprint density at radius 1 is 1.19 bits per heavy atom. The first-order valence-electron chi connectivity index (χ1n) is 8.46. The molecule has 1 aromatic carbocycles. The van der Waals surface area contributed by atoms with Crippen LogP contribution in [0.1, 0.15) is 30.1 Å². The smallest absolute Gasteiger partial charge is 0.257 e. The Morgan fingerprint density at radius 2 is 1.92 bits per heavy atom. The number of nitrogens with zero attached hydrogens (tertiary/aromatic N) is 1. The Labute approximate surface area is 152 Å². The number of piperidine rings is 1. The van der Waals surface area contributed by atoms with Crippen molar-refractivity contribution < 1.29 is 13.2 Å². The fourth-order valence-corrected chi connectivity index (χ4v) is 4.58. The van der Waals surface area contributed by atoms with Gasteiger partial charge in [0.05, 0.1) is 10.5 Å². The zero-order chi connectivity index (χ0) is 18.7. The number of carbonyl (C=O) groups is 1. The molecule has 0 saturated carbocycles. The molecule has 3 rings (SSSR count). The lowest BCUT2D eigenvalue weighted by molar-refractivity contribution is 0.102. The fraction of sp³-hybridized carbons (Fsp3) is 0.333. The fourth-order valence-electron chi connectivity index (χ4n) is 2.98. The van der Waals surface area contributed by atoms with Crippen LogP contribution in [0.25, 0.3) is 0 Å². The van der Waals surface area contributed by atoms with Gasteiger partial charge in [0.15, 0.2) is 0 Å². The molecule has 1 saturated heterocycles. The molecule has 0 spiro atoms. The molecule has 7 nitrogen and oxygen atoms in total. The van der Waals surface area contributed by atoms with Crippen molar-refractivity contribution in [1.29, 1.82) is 0 Å². The number of nitrogens with one attached hydrogen (secondary N) is 2. The van der Waals surface area contributed by atoms with Crippen LogP contribution in [0.15, 0.2) is 52.3 Å². The summed E-state index contributed by atoms with van der Waals surface area (Å²) in [6.45, 7) is 3.13. The summed E-state index contributed by atoms with van der Waals surface area (Å²) in [5.74, 6) is -0.0314. The van der Waals surface area contributed by atoms with Crippen LogP contribution in [0.4, 0.5) is 5.69 Å². The van der Waals surface area contributed by atoms with E-state index in [4.69, 9.17) is 0 Å². The molecule has 2 N–H and O–H groups in total. The maximum atomic E-state index is 12.7. The summed E-state index contributed by atoms with van der Waals surface area (Å²) in [5, 5.41) is 2.67. The quantitative estimate of drug-likeness (QED) is 0.854. The normalized spacial score (nSPS) is 18.4. The van der Waals surface area contributed by atoms with E-state index in [-0.39, 0.29) is 16.4 Å². The molecule has 0 aliphatic carbocycles. The Morgan fingerprint density at radius 3 is 2.54 bits per heavy atom. The molecule has 1 aliphatic heterocycles. The Hall–Kier alpha value is -2.45. The van der Waals surface area contributed by atoms with Gasteiger partial charge < -0.3 is 10.3 Å². The first-order valence-corrected chi connectivity index (χ1v) is 9.90.